The first-order valence-electron chi connectivity index (χ1n) is 4.19. The van der Waals surface area contributed by atoms with Crippen molar-refractivity contribution in [1.29, 1.82) is 0 Å². The molecule has 58 valence electrons. The summed E-state index contributed by atoms with van der Waals surface area (Å²) in [6.45, 7) is 0. The molecule has 1 atom stereocenters. The van der Waals surface area contributed by atoms with Crippen LogP contribution in [0, 0.1) is 0 Å². The molecule has 0 unspecified atom stereocenters. The third-order valence-electron chi connectivity index (χ3n) is 0.550. The van der Waals surface area contributed by atoms with Crippen LogP contribution in [-0.4, -0.2) is 33.4 Å². The number of carboxylic acid groups (broad SMARTS) is 2. The van der Waals surface area contributed by atoms with Gasteiger partial charge in [0, 0.05) is 11.9 Å². The minimum Gasteiger partial charge on any atom is -0.481 e. The molecule has 0 aromatic heterocycles. The molecule has 0 rings (SSSR count). The lowest BCUT2D eigenvalue weighted by molar-refractivity contribution is -0.147. The van der Waals surface area contributed by atoms with Crippen LogP contribution < -0.4 is 0 Å². The van der Waals surface area contributed by atoms with Crippen molar-refractivity contribution in [1.82, 2.24) is 0 Å². The second-order valence-electron chi connectivity index (χ2n) is 1.32. The zero-order valence-corrected chi connectivity index (χ0v) is 4.74. The average Bonchev–Trinajstić information content (AvgIpc) is 2.01. The molecule has 0 saturated carbocycles. The Hall–Kier alpha value is -1.10. The Labute approximate surface area is 62.5 Å². The highest BCUT2D eigenvalue weighted by molar-refractivity contribution is 5.73. The van der Waals surface area contributed by atoms with Gasteiger partial charge in [0.1, 0.15) is 0 Å². The van der Waals surface area contributed by atoms with Crippen molar-refractivity contribution < 1.29 is 30.4 Å². The van der Waals surface area contributed by atoms with Gasteiger partial charge in [0.15, 0.2) is 6.10 Å². The first-order valence-corrected chi connectivity index (χ1v) is 2.19. The van der Waals surface area contributed by atoms with E-state index in [0.29, 0.717) is 0 Å². The van der Waals surface area contributed by atoms with Gasteiger partial charge in [0.2, 0.25) is 0 Å². The number of aliphatic hydroxyl groups is 1. The number of carboxylic acids is 2. The molecule has 0 aliphatic rings. The summed E-state index contributed by atoms with van der Waals surface area (Å²) in [5.74, 6) is -4.21. The summed E-state index contributed by atoms with van der Waals surface area (Å²) in [6, 6.07) is 0. The van der Waals surface area contributed by atoms with Crippen LogP contribution in [-0.2, 0) is 9.59 Å². The Morgan fingerprint density at radius 1 is 1.50 bits per heavy atom. The first kappa shape index (κ1) is 3.92. The third kappa shape index (κ3) is 3.85. The maximum absolute atomic E-state index is 10.3. The Bertz CT molecular complexity index is 263. The van der Waals surface area contributed by atoms with Crippen molar-refractivity contribution in [2.24, 2.45) is 0 Å². The summed E-state index contributed by atoms with van der Waals surface area (Å²) in [5, 5.41) is 25.3. The fourth-order valence-corrected chi connectivity index (χ4v) is 0.192. The summed E-state index contributed by atoms with van der Waals surface area (Å²) in [7, 11) is 0. The SMILES string of the molecule is [2H]C([2H])(C(=O)O)C([2H])([2H])[C@@H](O)C(=O)O. The molecule has 0 aliphatic carbocycles. The highest BCUT2D eigenvalue weighted by Crippen LogP contribution is 1.95. The van der Waals surface area contributed by atoms with E-state index in [2.05, 4.69) is 0 Å². The van der Waals surface area contributed by atoms with Gasteiger partial charge in [0.25, 0.3) is 0 Å². The van der Waals surface area contributed by atoms with Crippen LogP contribution in [0.25, 0.3) is 0 Å². The van der Waals surface area contributed by atoms with Gasteiger partial charge in [-0.2, -0.15) is 0 Å². The van der Waals surface area contributed by atoms with Crippen LogP contribution in [0.2, 0.25) is 0 Å². The highest BCUT2D eigenvalue weighted by Gasteiger charge is 2.13. The number of hydrogen-bond acceptors (Lipinski definition) is 3. The van der Waals surface area contributed by atoms with Gasteiger partial charge in [-0.05, 0) is 6.37 Å². The van der Waals surface area contributed by atoms with Crippen LogP contribution in [0.1, 0.15) is 18.2 Å². The Kier molecular flexibility index (Phi) is 1.51. The Morgan fingerprint density at radius 2 is 2.00 bits per heavy atom. The molecule has 0 saturated heterocycles. The quantitative estimate of drug-likeness (QED) is 0.495. The fraction of sp³-hybridized carbons (Fsp3) is 0.600. The number of aliphatic carboxylic acids is 2. The van der Waals surface area contributed by atoms with Crippen molar-refractivity contribution in [3.05, 3.63) is 0 Å². The molecule has 5 heteroatoms. The minimum absolute atomic E-state index is 2.03. The number of hydrogen-bond donors (Lipinski definition) is 3. The maximum Gasteiger partial charge on any atom is 0.332 e. The van der Waals surface area contributed by atoms with Gasteiger partial charge in [-0.25, -0.2) is 4.79 Å². The van der Waals surface area contributed by atoms with Crippen LogP contribution in [0.3, 0.4) is 0 Å². The normalized spacial score (nSPS) is 21.3. The fourth-order valence-electron chi connectivity index (χ4n) is 0.192. The maximum atomic E-state index is 10.3. The van der Waals surface area contributed by atoms with E-state index in [1.807, 2.05) is 0 Å². The molecule has 3 N–H and O–H groups in total. The molecule has 0 fully saturated rings. The van der Waals surface area contributed by atoms with Crippen LogP contribution in [0.5, 0.6) is 0 Å². The predicted octanol–water partition coefficient (Wildman–Crippen LogP) is -0.703. The van der Waals surface area contributed by atoms with E-state index in [4.69, 9.17) is 20.8 Å². The van der Waals surface area contributed by atoms with Crippen molar-refractivity contribution in [3.8, 4) is 0 Å². The van der Waals surface area contributed by atoms with Crippen molar-refractivity contribution in [2.45, 2.75) is 18.8 Å². The Balaban J connectivity index is 5.13. The Morgan fingerprint density at radius 3 is 2.30 bits per heavy atom. The lowest BCUT2D eigenvalue weighted by atomic mass is 10.2. The largest absolute Gasteiger partial charge is 0.481 e. The van der Waals surface area contributed by atoms with Gasteiger partial charge in [-0.3, -0.25) is 4.79 Å². The number of aliphatic hydroxyl groups excluding tert-OH is 1. The minimum atomic E-state index is -3.48. The smallest absolute Gasteiger partial charge is 0.332 e. The van der Waals surface area contributed by atoms with Crippen LogP contribution in [0.4, 0.5) is 0 Å². The lowest BCUT2D eigenvalue weighted by Crippen LogP contribution is -2.20. The zero-order chi connectivity index (χ0) is 11.7. The topological polar surface area (TPSA) is 94.8 Å². The van der Waals surface area contributed by atoms with Crippen molar-refractivity contribution in [3.63, 3.8) is 0 Å². The molecule has 10 heavy (non-hydrogen) atoms. The zero-order valence-electron chi connectivity index (χ0n) is 8.74. The van der Waals surface area contributed by atoms with Gasteiger partial charge in [-0.15, -0.1) is 0 Å². The average molecular weight is 152 g/mol. The standard InChI is InChI=1S/C5H8O5/c6-3(5(9)10)1-2-4(7)8/h3,6H,1-2H2,(H,7,8)(H,9,10)/t3-/m1/s1/i1D2,2D2. The second-order valence-corrected chi connectivity index (χ2v) is 1.32. The second kappa shape index (κ2) is 3.84. The van der Waals surface area contributed by atoms with Crippen LogP contribution in [0.15, 0.2) is 0 Å². The van der Waals surface area contributed by atoms with Crippen LogP contribution >= 0.6 is 0 Å². The third-order valence-corrected chi connectivity index (χ3v) is 0.550. The van der Waals surface area contributed by atoms with Gasteiger partial charge in [0.05, 0.1) is 0 Å². The van der Waals surface area contributed by atoms with E-state index in [9.17, 15) is 9.59 Å². The summed E-state index contributed by atoms with van der Waals surface area (Å²) in [4.78, 5) is 20.4. The molecular formula is C5H8O5. The van der Waals surface area contributed by atoms with E-state index >= 15 is 0 Å². The molecule has 0 spiro atoms. The highest BCUT2D eigenvalue weighted by atomic mass is 16.4. The summed E-state index contributed by atoms with van der Waals surface area (Å²) in [6.07, 6.45) is -9.64. The number of carbonyl (C=O) groups is 2. The summed E-state index contributed by atoms with van der Waals surface area (Å²) < 4.78 is 27.3. The molecule has 0 bridgehead atoms. The number of rotatable bonds is 4. The van der Waals surface area contributed by atoms with Gasteiger partial charge < -0.3 is 15.3 Å². The van der Waals surface area contributed by atoms with E-state index in [-0.39, 0.29) is 0 Å². The van der Waals surface area contributed by atoms with E-state index in [1.165, 1.54) is 0 Å². The summed E-state index contributed by atoms with van der Waals surface area (Å²) >= 11 is 0. The molecule has 5 nitrogen and oxygen atoms in total. The molecular weight excluding hydrogens is 140 g/mol. The molecule has 0 radical (unpaired) electrons. The van der Waals surface area contributed by atoms with E-state index < -0.39 is 30.8 Å². The molecule has 0 aromatic carbocycles. The molecule has 0 aromatic rings. The molecule has 0 aliphatic heterocycles. The summed E-state index contributed by atoms with van der Waals surface area (Å²) in [5.41, 5.74) is 0. The lowest BCUT2D eigenvalue weighted by Gasteiger charge is -2.00. The van der Waals surface area contributed by atoms with Gasteiger partial charge >= 0.3 is 11.9 Å². The van der Waals surface area contributed by atoms with E-state index in [0.717, 1.165) is 0 Å². The van der Waals surface area contributed by atoms with Crippen molar-refractivity contribution >= 4 is 11.9 Å². The van der Waals surface area contributed by atoms with Crippen molar-refractivity contribution in [2.75, 3.05) is 0 Å². The predicted molar refractivity (Wildman–Crippen MR) is 30.5 cm³/mol. The molecule has 0 amide bonds. The van der Waals surface area contributed by atoms with Gasteiger partial charge in [-0.1, -0.05) is 0 Å². The van der Waals surface area contributed by atoms with E-state index in [1.54, 1.807) is 0 Å². The monoisotopic (exact) mass is 152 g/mol. The molecule has 0 heterocycles. The first-order chi connectivity index (χ1) is 6.05.